The van der Waals surface area contributed by atoms with Gasteiger partial charge in [0, 0.05) is 93.6 Å². The fraction of sp³-hybridized carbons (Fsp3) is 0.108. The number of ether oxygens (including phenoxy) is 1. The Kier molecular flexibility index (Phi) is 23.0. The predicted octanol–water partition coefficient (Wildman–Crippen LogP) is 10.5. The number of fused-ring (bicyclic) bond motifs is 16. The number of halogens is 1. The van der Waals surface area contributed by atoms with Crippen LogP contribution >= 0.6 is 10.0 Å². The third kappa shape index (κ3) is 18.1. The van der Waals surface area contributed by atoms with Gasteiger partial charge in [0.05, 0.1) is 43.5 Å². The number of sulfonamides is 1. The summed E-state index contributed by atoms with van der Waals surface area (Å²) in [5, 5.41) is 32.3. The van der Waals surface area contributed by atoms with Crippen LogP contribution in [-0.2, 0) is 93.3 Å². The van der Waals surface area contributed by atoms with Gasteiger partial charge in [-0.15, -0.1) is 21.0 Å². The zero-order valence-corrected chi connectivity index (χ0v) is 65.5. The third-order valence-electron chi connectivity index (χ3n) is 15.3. The molecule has 15 rings (SSSR count). The topological polar surface area (TPSA) is 481 Å². The molecule has 6 bridgehead atoms. The smallest absolute Gasteiger partial charge is 0.505 e. The first-order chi connectivity index (χ1) is 49.1. The number of amidine groups is 4. The van der Waals surface area contributed by atoms with Crippen molar-refractivity contribution < 1.29 is 116 Å². The van der Waals surface area contributed by atoms with Gasteiger partial charge in [0.25, 0.3) is 40.5 Å². The molecule has 0 unspecified atom stereocenters. The van der Waals surface area contributed by atoms with Crippen molar-refractivity contribution in [1.82, 2.24) is 7.10 Å². The van der Waals surface area contributed by atoms with Crippen molar-refractivity contribution in [2.24, 2.45) is 50.4 Å². The molecular formula is C65H54AlClN13O19S6Y-. The standard InChI is InChI=1S/C32H16N8.C30H26N5O10S3.3CH4O3S.Al.ClH.Y/c1-2-10-18-17(9-1)25-33-26(18)38-28-21-13-5-6-14-22(21)30(35-28)40-32-24-16-8-7-15-23(24)31(36-32)39-29-20-12-4-3-11-19(20)27(34-29)37-25;1-16-10-20(14-23-21(16)6-5-7-27(23)47(39,40)41)31-32-24-15-26(45-3)25(11-17(24)2)33-34-29-28(48(42,43)44)13-18-12-19(35-46(4,37)38)8-9-22(18)30(29)36;3*1-5(2,3)4;;;/h1-16H;6-15,35-36H,1-4H3,(H,39,40,41)(H,42,43,44);3*1H3,(H,2,3,4);;1H;/q-2;-1;;;;+3;;/p-1. The van der Waals surface area contributed by atoms with Gasteiger partial charge in [0.2, 0.25) is 20.1 Å². The summed E-state index contributed by atoms with van der Waals surface area (Å²) >= 11 is -2.71. The maximum absolute atomic E-state index is 12.3. The Hall–Kier alpha value is -9.11. The minimum absolute atomic E-state index is 0. The molecule has 1 radical (unpaired) electrons. The van der Waals surface area contributed by atoms with E-state index in [2.05, 4.69) is 62.6 Å². The number of aryl methyl sites for hydroxylation is 2. The minimum atomic E-state index is -4.95. The SMILES string of the molecule is COc1cc(N=Nc2cc(C)c3c[c-]cc(S(=O)(=O)O)c3c2)c(C)cc1N=Nc1c(S(=O)(=O)O)cc2cc(NS(C)(=O)=O)ccc2c1O.CS(=O)(=O)O.CS(=O)(=O)O.CS(=O)(=O)O.[Cl][Al]1[n]2c3c4ccccc4c2N=C2N=C(N=c4c5ccccc5c([n]41)=NC1=NC(=N3)c3ccccc31)c1ccccc12.[Y]. The van der Waals surface area contributed by atoms with E-state index in [0.29, 0.717) is 70.0 Å². The zero-order valence-electron chi connectivity index (χ0n) is 55.9. The number of aliphatic imine (C=N–C) groups is 4. The molecule has 4 aliphatic heterocycles. The van der Waals surface area contributed by atoms with Gasteiger partial charge in [-0.1, -0.05) is 110 Å². The molecule has 4 aliphatic rings. The van der Waals surface area contributed by atoms with E-state index in [9.17, 15) is 64.7 Å². The van der Waals surface area contributed by atoms with Crippen LogP contribution in [-0.4, -0.2) is 155 Å². The molecule has 0 saturated carbocycles. The average Bonchev–Trinajstić information content (AvgIpc) is 1.55. The van der Waals surface area contributed by atoms with E-state index in [1.54, 1.807) is 26.0 Å². The monoisotopic (exact) mass is 1660 g/mol. The van der Waals surface area contributed by atoms with Crippen molar-refractivity contribution in [2.45, 2.75) is 23.6 Å². The van der Waals surface area contributed by atoms with Crippen molar-refractivity contribution in [1.29, 1.82) is 0 Å². The summed E-state index contributed by atoms with van der Waals surface area (Å²) in [5.74, 6) is 3.37. The summed E-state index contributed by atoms with van der Waals surface area (Å²) in [6.45, 7) is 3.41. The second-order valence-electron chi connectivity index (χ2n) is 23.3. The van der Waals surface area contributed by atoms with Gasteiger partial charge in [0.15, 0.2) is 29.1 Å². The summed E-state index contributed by atoms with van der Waals surface area (Å²) < 4.78 is 181. The molecule has 2 aromatic heterocycles. The first-order valence-electron chi connectivity index (χ1n) is 29.9. The number of nitrogens with one attached hydrogen (secondary N) is 1. The molecule has 0 atom stereocenters. The predicted molar refractivity (Wildman–Crippen MR) is 397 cm³/mol. The fourth-order valence-corrected chi connectivity index (χ4v) is 16.1. The summed E-state index contributed by atoms with van der Waals surface area (Å²) in [6, 6.07) is 49.1. The number of benzene rings is 9. The molecule has 6 heterocycles. The van der Waals surface area contributed by atoms with Crippen molar-refractivity contribution in [3.63, 3.8) is 0 Å². The van der Waals surface area contributed by atoms with Crippen molar-refractivity contribution in [3.05, 3.63) is 208 Å². The van der Waals surface area contributed by atoms with Crippen LogP contribution in [0.4, 0.5) is 40.1 Å². The minimum Gasteiger partial charge on any atom is -0.505 e. The molecule has 11 aromatic rings. The number of rotatable bonds is 9. The van der Waals surface area contributed by atoms with Crippen molar-refractivity contribution >= 4 is 191 Å². The molecule has 41 heteroatoms. The Balaban J connectivity index is 0.000000189. The number of hydrogen-bond acceptors (Lipinski definition) is 24. The van der Waals surface area contributed by atoms with E-state index < -0.39 is 90.6 Å². The second kappa shape index (κ2) is 30.6. The van der Waals surface area contributed by atoms with Crippen LogP contribution in [0.25, 0.3) is 43.1 Å². The van der Waals surface area contributed by atoms with Gasteiger partial charge in [-0.2, -0.15) is 72.1 Å². The van der Waals surface area contributed by atoms with Gasteiger partial charge >= 0.3 is 13.7 Å². The molecule has 32 nitrogen and oxygen atoms in total. The number of azo groups is 2. The zero-order chi connectivity index (χ0) is 76.2. The van der Waals surface area contributed by atoms with E-state index >= 15 is 0 Å². The summed E-state index contributed by atoms with van der Waals surface area (Å²) in [7, 11) is -15.1. The first-order valence-corrected chi connectivity index (χ1v) is 43.0. The summed E-state index contributed by atoms with van der Waals surface area (Å²) in [6.07, 6.45) is 3.08. The number of hydrogen-bond donors (Lipinski definition) is 7. The van der Waals surface area contributed by atoms with Crippen molar-refractivity contribution in [2.75, 3.05) is 36.9 Å². The Morgan fingerprint density at radius 3 is 1.39 bits per heavy atom. The molecule has 0 aliphatic carbocycles. The molecule has 0 saturated heterocycles. The molecule has 106 heavy (non-hydrogen) atoms. The Bertz CT molecular complexity index is 6360. The van der Waals surface area contributed by atoms with E-state index in [0.717, 1.165) is 84.8 Å². The molecule has 0 amide bonds. The van der Waals surface area contributed by atoms with Gasteiger partial charge in [0.1, 0.15) is 44.6 Å². The van der Waals surface area contributed by atoms with E-state index in [1.165, 1.54) is 43.5 Å². The largest absolute Gasteiger partial charge is 0.722 e. The van der Waals surface area contributed by atoms with Crippen LogP contribution in [0.15, 0.2) is 218 Å². The molecule has 0 fully saturated rings. The Morgan fingerprint density at radius 2 is 0.925 bits per heavy atom. The number of aromatic nitrogens is 2. The van der Waals surface area contributed by atoms with Crippen LogP contribution in [0.5, 0.6) is 11.5 Å². The summed E-state index contributed by atoms with van der Waals surface area (Å²) in [4.78, 5) is 29.8. The maximum atomic E-state index is 12.3. The average molecular weight is 1660 g/mol. The number of phenolic OH excluding ortho intramolecular Hbond substituents is 1. The Labute approximate surface area is 638 Å². The maximum Gasteiger partial charge on any atom is 0.722 e. The van der Waals surface area contributed by atoms with Gasteiger partial charge < -0.3 is 16.9 Å². The number of methoxy groups -OCH3 is 1. The first kappa shape index (κ1) is 79.5. The molecule has 9 aromatic carbocycles. The molecular weight excluding hydrogens is 1610 g/mol. The summed E-state index contributed by atoms with van der Waals surface area (Å²) in [5.41, 5.74) is 6.60. The van der Waals surface area contributed by atoms with Crippen LogP contribution in [0, 0.1) is 19.9 Å². The quantitative estimate of drug-likeness (QED) is 0.0305. The van der Waals surface area contributed by atoms with Crippen LogP contribution in [0.3, 0.4) is 0 Å². The number of nitrogens with zero attached hydrogens (tertiary/aromatic N) is 12. The molecule has 0 spiro atoms. The van der Waals surface area contributed by atoms with Gasteiger partial charge in [-0.3, -0.25) is 27.5 Å². The van der Waals surface area contributed by atoms with Crippen LogP contribution in [0.1, 0.15) is 33.4 Å². The Morgan fingerprint density at radius 1 is 0.472 bits per heavy atom. The number of aromatic hydroxyl groups is 1. The third-order valence-corrected chi connectivity index (χ3v) is 20.6. The fourth-order valence-electron chi connectivity index (χ4n) is 11.2. The van der Waals surface area contributed by atoms with E-state index in [4.69, 9.17) is 58.4 Å². The molecule has 543 valence electrons. The number of phenols is 1. The number of anilines is 1. The molecule has 7 N–H and O–H groups in total. The van der Waals surface area contributed by atoms with Gasteiger partial charge in [-0.05, 0) is 65.2 Å². The van der Waals surface area contributed by atoms with E-state index in [1.807, 2.05) is 72.8 Å². The van der Waals surface area contributed by atoms with Crippen LogP contribution in [0.2, 0.25) is 0 Å². The second-order valence-corrected chi connectivity index (χ2v) is 35.0. The van der Waals surface area contributed by atoms with E-state index in [-0.39, 0.29) is 70.9 Å². The van der Waals surface area contributed by atoms with Crippen LogP contribution < -0.4 is 20.4 Å². The van der Waals surface area contributed by atoms with Gasteiger partial charge in [-0.25, -0.2) is 46.8 Å². The normalized spacial score (nSPS) is 13.7. The van der Waals surface area contributed by atoms with Crippen molar-refractivity contribution in [3.8, 4) is 11.5 Å².